The third kappa shape index (κ3) is 1.20. The standard InChI is InChI=1S/C9H13ClO/c10-8(11)7-6-9(7)4-2-1-3-5-9/h7H,1-6H2/t7-/m0/s1. The van der Waals surface area contributed by atoms with E-state index in [1.165, 1.54) is 32.1 Å². The van der Waals surface area contributed by atoms with Gasteiger partial charge in [-0.2, -0.15) is 0 Å². The van der Waals surface area contributed by atoms with Crippen LogP contribution in [0.15, 0.2) is 0 Å². The Bertz CT molecular complexity index is 182. The number of hydrogen-bond acceptors (Lipinski definition) is 1. The molecular formula is C9H13ClO. The van der Waals surface area contributed by atoms with Gasteiger partial charge in [-0.1, -0.05) is 19.3 Å². The Balaban J connectivity index is 1.99. The smallest absolute Gasteiger partial charge is 0.225 e. The van der Waals surface area contributed by atoms with E-state index in [0.29, 0.717) is 5.41 Å². The van der Waals surface area contributed by atoms with Gasteiger partial charge in [0.05, 0.1) is 0 Å². The second-order valence-electron chi connectivity index (χ2n) is 3.98. The van der Waals surface area contributed by atoms with Gasteiger partial charge in [-0.05, 0) is 36.3 Å². The van der Waals surface area contributed by atoms with E-state index in [-0.39, 0.29) is 11.2 Å². The Morgan fingerprint density at radius 2 is 1.91 bits per heavy atom. The van der Waals surface area contributed by atoms with E-state index >= 15 is 0 Å². The van der Waals surface area contributed by atoms with Gasteiger partial charge < -0.3 is 0 Å². The van der Waals surface area contributed by atoms with Crippen LogP contribution in [-0.4, -0.2) is 5.24 Å². The first-order valence-electron chi connectivity index (χ1n) is 4.44. The van der Waals surface area contributed by atoms with Gasteiger partial charge in [0.25, 0.3) is 0 Å². The zero-order valence-corrected chi connectivity index (χ0v) is 7.36. The van der Waals surface area contributed by atoms with Gasteiger partial charge in [0.15, 0.2) is 0 Å². The van der Waals surface area contributed by atoms with Crippen LogP contribution in [0.25, 0.3) is 0 Å². The molecule has 1 spiro atoms. The van der Waals surface area contributed by atoms with Crippen molar-refractivity contribution >= 4 is 16.8 Å². The Morgan fingerprint density at radius 3 is 2.36 bits per heavy atom. The lowest BCUT2D eigenvalue weighted by Gasteiger charge is -2.21. The van der Waals surface area contributed by atoms with Crippen molar-refractivity contribution in [2.45, 2.75) is 38.5 Å². The minimum atomic E-state index is -0.0908. The molecule has 0 aromatic carbocycles. The van der Waals surface area contributed by atoms with Crippen molar-refractivity contribution in [3.63, 3.8) is 0 Å². The molecule has 0 bridgehead atoms. The minimum Gasteiger partial charge on any atom is -0.281 e. The summed E-state index contributed by atoms with van der Waals surface area (Å²) in [6.45, 7) is 0. The summed E-state index contributed by atoms with van der Waals surface area (Å²) in [5.41, 5.74) is 0.386. The maximum absolute atomic E-state index is 10.8. The predicted octanol–water partition coefficient (Wildman–Crippen LogP) is 2.72. The van der Waals surface area contributed by atoms with Gasteiger partial charge >= 0.3 is 0 Å². The average molecular weight is 173 g/mol. The van der Waals surface area contributed by atoms with Crippen LogP contribution < -0.4 is 0 Å². The SMILES string of the molecule is O=C(Cl)[C@@H]1CC12CCCCC2. The molecule has 0 amide bonds. The summed E-state index contributed by atoms with van der Waals surface area (Å²) in [5, 5.41) is -0.0908. The van der Waals surface area contributed by atoms with E-state index in [1.807, 2.05) is 0 Å². The summed E-state index contributed by atoms with van der Waals surface area (Å²) in [6.07, 6.45) is 7.54. The normalized spacial score (nSPS) is 33.7. The van der Waals surface area contributed by atoms with E-state index in [0.717, 1.165) is 6.42 Å². The Morgan fingerprint density at radius 1 is 1.27 bits per heavy atom. The van der Waals surface area contributed by atoms with Crippen molar-refractivity contribution in [3.05, 3.63) is 0 Å². The van der Waals surface area contributed by atoms with Crippen molar-refractivity contribution in [3.8, 4) is 0 Å². The van der Waals surface area contributed by atoms with Crippen molar-refractivity contribution in [2.75, 3.05) is 0 Å². The van der Waals surface area contributed by atoms with Crippen LogP contribution >= 0.6 is 11.6 Å². The van der Waals surface area contributed by atoms with Crippen molar-refractivity contribution < 1.29 is 4.79 Å². The summed E-state index contributed by atoms with van der Waals surface area (Å²) < 4.78 is 0. The van der Waals surface area contributed by atoms with E-state index < -0.39 is 0 Å². The first-order valence-corrected chi connectivity index (χ1v) is 4.82. The van der Waals surface area contributed by atoms with Gasteiger partial charge in [-0.3, -0.25) is 4.79 Å². The lowest BCUT2D eigenvalue weighted by Crippen LogP contribution is -2.11. The van der Waals surface area contributed by atoms with Crippen LogP contribution in [0.5, 0.6) is 0 Å². The fourth-order valence-electron chi connectivity index (χ4n) is 2.48. The number of hydrogen-bond donors (Lipinski definition) is 0. The molecule has 2 heteroatoms. The zero-order chi connectivity index (χ0) is 7.90. The molecule has 0 unspecified atom stereocenters. The van der Waals surface area contributed by atoms with Gasteiger partial charge in [0, 0.05) is 5.92 Å². The molecule has 0 N–H and O–H groups in total. The van der Waals surface area contributed by atoms with Gasteiger partial charge in [0.1, 0.15) is 0 Å². The van der Waals surface area contributed by atoms with E-state index in [9.17, 15) is 4.79 Å². The molecular weight excluding hydrogens is 160 g/mol. The summed E-state index contributed by atoms with van der Waals surface area (Å²) in [6, 6.07) is 0. The number of rotatable bonds is 1. The van der Waals surface area contributed by atoms with Gasteiger partial charge in [0.2, 0.25) is 5.24 Å². The summed E-state index contributed by atoms with van der Waals surface area (Å²) in [5.74, 6) is 0.226. The monoisotopic (exact) mass is 172 g/mol. The highest BCUT2D eigenvalue weighted by atomic mass is 35.5. The van der Waals surface area contributed by atoms with Crippen LogP contribution in [0.4, 0.5) is 0 Å². The molecule has 0 aromatic rings. The molecule has 0 aliphatic heterocycles. The molecule has 0 heterocycles. The molecule has 62 valence electrons. The average Bonchev–Trinajstić information content (AvgIpc) is 2.66. The molecule has 2 fully saturated rings. The first kappa shape index (κ1) is 7.60. The molecule has 0 aromatic heterocycles. The van der Waals surface area contributed by atoms with Crippen LogP contribution in [0, 0.1) is 11.3 Å². The molecule has 2 aliphatic carbocycles. The summed E-state index contributed by atoms with van der Waals surface area (Å²) >= 11 is 5.46. The highest BCUT2D eigenvalue weighted by Crippen LogP contribution is 2.61. The third-order valence-corrected chi connectivity index (χ3v) is 3.58. The van der Waals surface area contributed by atoms with E-state index in [2.05, 4.69) is 0 Å². The molecule has 2 aliphatic rings. The summed E-state index contributed by atoms with van der Waals surface area (Å²) in [7, 11) is 0. The van der Waals surface area contributed by atoms with E-state index in [4.69, 9.17) is 11.6 Å². The maximum Gasteiger partial charge on any atom is 0.225 e. The highest BCUT2D eigenvalue weighted by Gasteiger charge is 2.56. The molecule has 2 rings (SSSR count). The Kier molecular flexibility index (Phi) is 1.71. The number of carbonyl (C=O) groups is 1. The largest absolute Gasteiger partial charge is 0.281 e. The van der Waals surface area contributed by atoms with Crippen molar-refractivity contribution in [1.29, 1.82) is 0 Å². The zero-order valence-electron chi connectivity index (χ0n) is 6.61. The quantitative estimate of drug-likeness (QED) is 0.556. The van der Waals surface area contributed by atoms with Gasteiger partial charge in [-0.15, -0.1) is 0 Å². The van der Waals surface area contributed by atoms with Crippen LogP contribution in [-0.2, 0) is 4.79 Å². The second-order valence-corrected chi connectivity index (χ2v) is 4.36. The Labute approximate surface area is 72.1 Å². The molecule has 1 atom stereocenters. The van der Waals surface area contributed by atoms with Crippen LogP contribution in [0.2, 0.25) is 0 Å². The van der Waals surface area contributed by atoms with Gasteiger partial charge in [-0.25, -0.2) is 0 Å². The predicted molar refractivity (Wildman–Crippen MR) is 44.5 cm³/mol. The number of carbonyl (C=O) groups excluding carboxylic acids is 1. The lowest BCUT2D eigenvalue weighted by atomic mass is 9.85. The molecule has 1 nitrogen and oxygen atoms in total. The van der Waals surface area contributed by atoms with Crippen LogP contribution in [0.1, 0.15) is 38.5 Å². The highest BCUT2D eigenvalue weighted by molar-refractivity contribution is 6.64. The molecule has 0 radical (unpaired) electrons. The maximum atomic E-state index is 10.8. The number of halogens is 1. The topological polar surface area (TPSA) is 17.1 Å². The molecule has 2 saturated carbocycles. The van der Waals surface area contributed by atoms with E-state index in [1.54, 1.807) is 0 Å². The molecule has 11 heavy (non-hydrogen) atoms. The summed E-state index contributed by atoms with van der Waals surface area (Å²) in [4.78, 5) is 10.8. The second kappa shape index (κ2) is 2.48. The lowest BCUT2D eigenvalue weighted by molar-refractivity contribution is -0.113. The fourth-order valence-corrected chi connectivity index (χ4v) is 2.79. The Hall–Kier alpha value is -0.0400. The fraction of sp³-hybridized carbons (Fsp3) is 0.889. The van der Waals surface area contributed by atoms with Crippen molar-refractivity contribution in [2.24, 2.45) is 11.3 Å². The first-order chi connectivity index (χ1) is 5.25. The third-order valence-electron chi connectivity index (χ3n) is 3.31. The minimum absolute atomic E-state index is 0.0908. The molecule has 0 saturated heterocycles. The van der Waals surface area contributed by atoms with Crippen molar-refractivity contribution in [1.82, 2.24) is 0 Å². The van der Waals surface area contributed by atoms with Crippen LogP contribution in [0.3, 0.4) is 0 Å².